The van der Waals surface area contributed by atoms with Gasteiger partial charge in [-0.15, -0.1) is 0 Å². The minimum Gasteiger partial charge on any atom is -0.322 e. The summed E-state index contributed by atoms with van der Waals surface area (Å²) >= 11 is 0. The van der Waals surface area contributed by atoms with Crippen LogP contribution in [0.2, 0.25) is 0 Å². The smallest absolute Gasteiger partial charge is 0.256 e. The number of anilines is 1. The van der Waals surface area contributed by atoms with Gasteiger partial charge in [-0.1, -0.05) is 54.6 Å². The Balaban J connectivity index is 1.68. The molecule has 3 aromatic carbocycles. The van der Waals surface area contributed by atoms with Gasteiger partial charge in [-0.25, -0.2) is 0 Å². The van der Waals surface area contributed by atoms with Crippen LogP contribution in [0.5, 0.6) is 0 Å². The molecule has 5 heteroatoms. The summed E-state index contributed by atoms with van der Waals surface area (Å²) in [5.74, 6) is -0.601. The molecule has 0 aliphatic carbocycles. The summed E-state index contributed by atoms with van der Waals surface area (Å²) in [4.78, 5) is 40.8. The first kappa shape index (κ1) is 19.3. The molecule has 2 N–H and O–H groups in total. The summed E-state index contributed by atoms with van der Waals surface area (Å²) in [7, 11) is 0. The molecular weight excluding hydrogens is 376 g/mol. The van der Waals surface area contributed by atoms with Gasteiger partial charge in [0, 0.05) is 27.8 Å². The van der Waals surface area contributed by atoms with Crippen molar-refractivity contribution in [2.45, 2.75) is 13.8 Å². The first-order valence-corrected chi connectivity index (χ1v) is 9.59. The minimum atomic E-state index is -0.389. The van der Waals surface area contributed by atoms with E-state index in [4.69, 9.17) is 0 Å². The molecule has 30 heavy (non-hydrogen) atoms. The molecule has 1 heterocycles. The highest BCUT2D eigenvalue weighted by molar-refractivity contribution is 6.17. The lowest BCUT2D eigenvalue weighted by atomic mass is 9.98. The molecule has 148 valence electrons. The first-order valence-electron chi connectivity index (χ1n) is 9.59. The van der Waals surface area contributed by atoms with Crippen LogP contribution in [0.4, 0.5) is 5.69 Å². The van der Waals surface area contributed by atoms with Crippen LogP contribution in [0, 0.1) is 13.8 Å². The minimum absolute atomic E-state index is 0.151. The van der Waals surface area contributed by atoms with E-state index < -0.39 is 0 Å². The molecule has 4 aromatic rings. The molecular formula is C25H20N2O3. The van der Waals surface area contributed by atoms with Gasteiger partial charge in [-0.2, -0.15) is 0 Å². The van der Waals surface area contributed by atoms with Crippen molar-refractivity contribution in [1.29, 1.82) is 0 Å². The number of fused-ring (bicyclic) bond motifs is 1. The van der Waals surface area contributed by atoms with Gasteiger partial charge in [-0.05, 0) is 37.6 Å². The lowest BCUT2D eigenvalue weighted by molar-refractivity contribution is 0.0996. The van der Waals surface area contributed by atoms with E-state index in [9.17, 15) is 14.4 Å². The van der Waals surface area contributed by atoms with Crippen LogP contribution in [0.1, 0.15) is 37.4 Å². The Morgan fingerprint density at radius 3 is 2.20 bits per heavy atom. The normalized spacial score (nSPS) is 10.7. The third-order valence-electron chi connectivity index (χ3n) is 5.29. The molecule has 0 fully saturated rings. The van der Waals surface area contributed by atoms with Gasteiger partial charge in [0.2, 0.25) is 0 Å². The number of aryl methyl sites for hydroxylation is 1. The van der Waals surface area contributed by atoms with E-state index >= 15 is 0 Å². The number of hydrogen-bond donors (Lipinski definition) is 2. The lowest BCUT2D eigenvalue weighted by Crippen LogP contribution is -2.17. The number of amides is 1. The van der Waals surface area contributed by atoms with Crippen LogP contribution in [0.25, 0.3) is 10.9 Å². The van der Waals surface area contributed by atoms with Crippen molar-refractivity contribution in [2.75, 3.05) is 5.32 Å². The molecule has 0 spiro atoms. The maximum Gasteiger partial charge on any atom is 0.256 e. The number of pyridine rings is 1. The number of H-pyrrole nitrogens is 1. The maximum absolute atomic E-state index is 13.0. The Morgan fingerprint density at radius 2 is 1.47 bits per heavy atom. The molecule has 0 radical (unpaired) electrons. The molecule has 1 aromatic heterocycles. The highest BCUT2D eigenvalue weighted by Crippen LogP contribution is 2.22. The second-order valence-electron chi connectivity index (χ2n) is 7.16. The number of hydrogen-bond acceptors (Lipinski definition) is 3. The van der Waals surface area contributed by atoms with Crippen molar-refractivity contribution in [3.63, 3.8) is 0 Å². The zero-order chi connectivity index (χ0) is 21.3. The van der Waals surface area contributed by atoms with Gasteiger partial charge in [0.25, 0.3) is 11.5 Å². The maximum atomic E-state index is 13.0. The Hall–Kier alpha value is -3.99. The van der Waals surface area contributed by atoms with Crippen molar-refractivity contribution in [3.05, 3.63) is 111 Å². The molecule has 0 unspecified atom stereocenters. The highest BCUT2D eigenvalue weighted by atomic mass is 16.2. The Bertz CT molecular complexity index is 1340. The van der Waals surface area contributed by atoms with Crippen LogP contribution >= 0.6 is 0 Å². The van der Waals surface area contributed by atoms with Gasteiger partial charge in [0.15, 0.2) is 5.78 Å². The summed E-state index contributed by atoms with van der Waals surface area (Å²) < 4.78 is 0. The number of ketones is 1. The van der Waals surface area contributed by atoms with Crippen molar-refractivity contribution in [1.82, 2.24) is 4.98 Å². The summed E-state index contributed by atoms with van der Waals surface area (Å²) in [6.07, 6.45) is 0. The summed E-state index contributed by atoms with van der Waals surface area (Å²) in [5.41, 5.74) is 3.76. The van der Waals surface area contributed by atoms with E-state index in [1.54, 1.807) is 67.6 Å². The number of nitrogens with one attached hydrogen (secondary N) is 2. The number of aromatic amines is 1. The summed E-state index contributed by atoms with van der Waals surface area (Å²) in [6.45, 7) is 3.68. The average Bonchev–Trinajstić information content (AvgIpc) is 2.77. The number of rotatable bonds is 4. The molecule has 5 nitrogen and oxygen atoms in total. The van der Waals surface area contributed by atoms with Crippen LogP contribution < -0.4 is 10.9 Å². The second kappa shape index (κ2) is 7.79. The van der Waals surface area contributed by atoms with Gasteiger partial charge in [0.1, 0.15) is 0 Å². The highest BCUT2D eigenvalue weighted by Gasteiger charge is 2.18. The molecule has 0 saturated carbocycles. The van der Waals surface area contributed by atoms with Crippen LogP contribution in [0.15, 0.2) is 77.6 Å². The Kier molecular flexibility index (Phi) is 5.02. The fourth-order valence-corrected chi connectivity index (χ4v) is 3.46. The van der Waals surface area contributed by atoms with Crippen LogP contribution in [0.3, 0.4) is 0 Å². The number of aromatic nitrogens is 1. The van der Waals surface area contributed by atoms with E-state index in [1.807, 2.05) is 19.1 Å². The van der Waals surface area contributed by atoms with Crippen LogP contribution in [-0.4, -0.2) is 16.7 Å². The number of carbonyl (C=O) groups excluding carboxylic acids is 2. The van der Waals surface area contributed by atoms with E-state index in [-0.39, 0.29) is 17.2 Å². The molecule has 0 aliphatic heterocycles. The second-order valence-corrected chi connectivity index (χ2v) is 7.16. The van der Waals surface area contributed by atoms with E-state index in [2.05, 4.69) is 10.3 Å². The SMILES string of the molecule is Cc1c(C)c2ccc(NC(=O)c3ccccc3C(=O)c3ccccc3)cc2[nH]c1=O. The van der Waals surface area contributed by atoms with E-state index in [0.717, 1.165) is 10.9 Å². The van der Waals surface area contributed by atoms with E-state index in [0.29, 0.717) is 33.5 Å². The molecule has 0 atom stereocenters. The molecule has 1 amide bonds. The quantitative estimate of drug-likeness (QED) is 0.494. The monoisotopic (exact) mass is 396 g/mol. The average molecular weight is 396 g/mol. The van der Waals surface area contributed by atoms with Crippen molar-refractivity contribution >= 4 is 28.3 Å². The van der Waals surface area contributed by atoms with Gasteiger partial charge in [0.05, 0.1) is 11.1 Å². The van der Waals surface area contributed by atoms with Crippen molar-refractivity contribution in [3.8, 4) is 0 Å². The van der Waals surface area contributed by atoms with Crippen LogP contribution in [-0.2, 0) is 0 Å². The summed E-state index contributed by atoms with van der Waals surface area (Å²) in [5, 5.41) is 3.76. The molecule has 0 aliphatic rings. The summed E-state index contributed by atoms with van der Waals surface area (Å²) in [6, 6.07) is 21.0. The first-order chi connectivity index (χ1) is 14.5. The predicted octanol–water partition coefficient (Wildman–Crippen LogP) is 4.63. The predicted molar refractivity (Wildman–Crippen MR) is 118 cm³/mol. The lowest BCUT2D eigenvalue weighted by Gasteiger charge is -2.11. The zero-order valence-electron chi connectivity index (χ0n) is 16.7. The van der Waals surface area contributed by atoms with Gasteiger partial charge < -0.3 is 10.3 Å². The number of benzene rings is 3. The standard InChI is InChI=1S/C25H20N2O3/c1-15-16(2)24(29)27-22-14-18(12-13-19(15)22)26-25(30)21-11-7-6-10-20(21)23(28)17-8-4-3-5-9-17/h3-14H,1-2H3,(H,26,30)(H,27,29). The Morgan fingerprint density at radius 1 is 0.800 bits per heavy atom. The van der Waals surface area contributed by atoms with Gasteiger partial charge in [-0.3, -0.25) is 14.4 Å². The zero-order valence-corrected chi connectivity index (χ0v) is 16.7. The fourth-order valence-electron chi connectivity index (χ4n) is 3.46. The third-order valence-corrected chi connectivity index (χ3v) is 5.29. The third kappa shape index (κ3) is 3.53. The van der Waals surface area contributed by atoms with Crippen molar-refractivity contribution < 1.29 is 9.59 Å². The van der Waals surface area contributed by atoms with E-state index in [1.165, 1.54) is 0 Å². The van der Waals surface area contributed by atoms with Gasteiger partial charge >= 0.3 is 0 Å². The largest absolute Gasteiger partial charge is 0.322 e. The molecule has 0 bridgehead atoms. The topological polar surface area (TPSA) is 79.0 Å². The number of carbonyl (C=O) groups is 2. The Labute approximate surface area is 173 Å². The molecule has 0 saturated heterocycles. The molecule has 4 rings (SSSR count). The fraction of sp³-hybridized carbons (Fsp3) is 0.0800. The van der Waals surface area contributed by atoms with Crippen molar-refractivity contribution in [2.24, 2.45) is 0 Å².